The molecule has 1 saturated heterocycles. The summed E-state index contributed by atoms with van der Waals surface area (Å²) in [7, 11) is 0. The second-order valence-corrected chi connectivity index (χ2v) is 6.05. The number of nitrogens with zero attached hydrogens (tertiary/aromatic N) is 1. The Morgan fingerprint density at radius 1 is 1.36 bits per heavy atom. The van der Waals surface area contributed by atoms with Crippen molar-refractivity contribution in [3.05, 3.63) is 23.7 Å². The first-order valence-electron chi connectivity index (χ1n) is 8.35. The van der Waals surface area contributed by atoms with Crippen molar-refractivity contribution in [1.82, 2.24) is 4.90 Å². The molecular formula is C17H25NO4. The Balaban J connectivity index is 1.62. The Hall–Kier alpha value is -1.33. The third kappa shape index (κ3) is 3.52. The van der Waals surface area contributed by atoms with E-state index in [0.717, 1.165) is 30.8 Å². The fourth-order valence-electron chi connectivity index (χ4n) is 3.23. The average Bonchev–Trinajstić information content (AvgIpc) is 3.24. The Kier molecular flexibility index (Phi) is 5.16. The van der Waals surface area contributed by atoms with Crippen molar-refractivity contribution in [2.45, 2.75) is 51.2 Å². The van der Waals surface area contributed by atoms with Crippen molar-refractivity contribution >= 4 is 5.91 Å². The number of furan rings is 1. The van der Waals surface area contributed by atoms with E-state index in [-0.39, 0.29) is 24.7 Å². The zero-order valence-electron chi connectivity index (χ0n) is 13.3. The van der Waals surface area contributed by atoms with Crippen LogP contribution >= 0.6 is 0 Å². The highest BCUT2D eigenvalue weighted by Gasteiger charge is 2.31. The van der Waals surface area contributed by atoms with Crippen LogP contribution in [0.15, 0.2) is 16.5 Å². The molecule has 3 rings (SSSR count). The minimum atomic E-state index is -0.131. The summed E-state index contributed by atoms with van der Waals surface area (Å²) in [5.41, 5.74) is 0. The van der Waals surface area contributed by atoms with Crippen LogP contribution in [0.3, 0.4) is 0 Å². The van der Waals surface area contributed by atoms with E-state index in [4.69, 9.17) is 13.9 Å². The summed E-state index contributed by atoms with van der Waals surface area (Å²) in [4.78, 5) is 14.4. The van der Waals surface area contributed by atoms with Crippen LogP contribution in [0.1, 0.15) is 50.2 Å². The number of aryl methyl sites for hydroxylation is 1. The summed E-state index contributed by atoms with van der Waals surface area (Å²) in [5, 5.41) is 0. The summed E-state index contributed by atoms with van der Waals surface area (Å²) < 4.78 is 17.1. The van der Waals surface area contributed by atoms with Crippen LogP contribution in [0.2, 0.25) is 0 Å². The number of amides is 1. The molecule has 5 nitrogen and oxygen atoms in total. The van der Waals surface area contributed by atoms with Crippen LogP contribution in [0.4, 0.5) is 0 Å². The summed E-state index contributed by atoms with van der Waals surface area (Å²) in [6, 6.07) is 3.80. The van der Waals surface area contributed by atoms with Gasteiger partial charge in [-0.2, -0.15) is 0 Å². The van der Waals surface area contributed by atoms with Crippen LogP contribution in [0, 0.1) is 0 Å². The standard InChI is InChI=1S/C17H25NO4/c1-2-13-7-8-16(22-13)15-11-20-10-9-18(15)17(19)12-21-14-5-3-4-6-14/h7-8,14-15H,2-6,9-12H2,1H3/t15-/m1/s1. The van der Waals surface area contributed by atoms with Gasteiger partial charge in [-0.1, -0.05) is 19.8 Å². The quantitative estimate of drug-likeness (QED) is 0.839. The first kappa shape index (κ1) is 15.6. The van der Waals surface area contributed by atoms with Crippen molar-refractivity contribution < 1.29 is 18.7 Å². The van der Waals surface area contributed by atoms with Crippen molar-refractivity contribution in [3.63, 3.8) is 0 Å². The van der Waals surface area contributed by atoms with Crippen molar-refractivity contribution in [1.29, 1.82) is 0 Å². The molecule has 0 radical (unpaired) electrons. The van der Waals surface area contributed by atoms with Crippen LogP contribution < -0.4 is 0 Å². The average molecular weight is 307 g/mol. The van der Waals surface area contributed by atoms with E-state index in [0.29, 0.717) is 19.8 Å². The molecule has 1 amide bonds. The number of morpholine rings is 1. The molecule has 0 bridgehead atoms. The van der Waals surface area contributed by atoms with Crippen molar-refractivity contribution in [2.24, 2.45) is 0 Å². The molecule has 2 heterocycles. The number of carbonyl (C=O) groups excluding carboxylic acids is 1. The third-order valence-electron chi connectivity index (χ3n) is 4.55. The summed E-state index contributed by atoms with van der Waals surface area (Å²) >= 11 is 0. The minimum absolute atomic E-state index is 0.0367. The highest BCUT2D eigenvalue weighted by Crippen LogP contribution is 2.27. The Labute approximate surface area is 131 Å². The minimum Gasteiger partial charge on any atom is -0.464 e. The molecule has 1 saturated carbocycles. The van der Waals surface area contributed by atoms with Crippen LogP contribution in [-0.2, 0) is 20.7 Å². The molecule has 22 heavy (non-hydrogen) atoms. The van der Waals surface area contributed by atoms with Crippen LogP contribution in [-0.4, -0.2) is 43.3 Å². The van der Waals surface area contributed by atoms with Gasteiger partial charge in [0.25, 0.3) is 0 Å². The Bertz CT molecular complexity index is 493. The van der Waals surface area contributed by atoms with Crippen molar-refractivity contribution in [2.75, 3.05) is 26.4 Å². The first-order chi connectivity index (χ1) is 10.8. The van der Waals surface area contributed by atoms with Gasteiger partial charge in [0.2, 0.25) is 5.91 Å². The van der Waals surface area contributed by atoms with Gasteiger partial charge < -0.3 is 18.8 Å². The molecule has 0 N–H and O–H groups in total. The van der Waals surface area contributed by atoms with E-state index in [1.807, 2.05) is 17.0 Å². The lowest BCUT2D eigenvalue weighted by atomic mass is 10.1. The van der Waals surface area contributed by atoms with Crippen molar-refractivity contribution in [3.8, 4) is 0 Å². The molecule has 2 aliphatic rings. The topological polar surface area (TPSA) is 51.9 Å². The monoisotopic (exact) mass is 307 g/mol. The molecule has 5 heteroatoms. The molecule has 1 aliphatic heterocycles. The Morgan fingerprint density at radius 2 is 2.18 bits per heavy atom. The fraction of sp³-hybridized carbons (Fsp3) is 0.706. The molecule has 0 aromatic carbocycles. The number of carbonyl (C=O) groups is 1. The fourth-order valence-corrected chi connectivity index (χ4v) is 3.23. The van der Waals surface area contributed by atoms with Gasteiger partial charge >= 0.3 is 0 Å². The number of hydrogen-bond donors (Lipinski definition) is 0. The maximum atomic E-state index is 12.5. The number of hydrogen-bond acceptors (Lipinski definition) is 4. The molecule has 1 atom stereocenters. The second-order valence-electron chi connectivity index (χ2n) is 6.05. The summed E-state index contributed by atoms with van der Waals surface area (Å²) in [6.07, 6.45) is 5.71. The summed E-state index contributed by atoms with van der Waals surface area (Å²) in [6.45, 7) is 3.89. The number of rotatable bonds is 5. The normalized spacial score (nSPS) is 23.1. The van der Waals surface area contributed by atoms with E-state index in [1.54, 1.807) is 0 Å². The van der Waals surface area contributed by atoms with Gasteiger partial charge in [-0.3, -0.25) is 4.79 Å². The third-order valence-corrected chi connectivity index (χ3v) is 4.55. The lowest BCUT2D eigenvalue weighted by Crippen LogP contribution is -2.45. The molecule has 1 aliphatic carbocycles. The second kappa shape index (κ2) is 7.29. The first-order valence-corrected chi connectivity index (χ1v) is 8.35. The lowest BCUT2D eigenvalue weighted by molar-refractivity contribution is -0.147. The molecule has 2 fully saturated rings. The van der Waals surface area contributed by atoms with Gasteiger partial charge in [-0.25, -0.2) is 0 Å². The van der Waals surface area contributed by atoms with E-state index >= 15 is 0 Å². The molecule has 122 valence electrons. The zero-order chi connectivity index (χ0) is 15.4. The van der Waals surface area contributed by atoms with Gasteiger partial charge in [0, 0.05) is 13.0 Å². The highest BCUT2D eigenvalue weighted by atomic mass is 16.5. The number of ether oxygens (including phenoxy) is 2. The van der Waals surface area contributed by atoms with E-state index in [9.17, 15) is 4.79 Å². The van der Waals surface area contributed by atoms with Crippen LogP contribution in [0.25, 0.3) is 0 Å². The molecule has 1 aromatic heterocycles. The van der Waals surface area contributed by atoms with E-state index in [2.05, 4.69) is 6.92 Å². The SMILES string of the molecule is CCc1ccc([C@H]2COCCN2C(=O)COC2CCCC2)o1. The summed E-state index contributed by atoms with van der Waals surface area (Å²) in [5.74, 6) is 1.79. The predicted octanol–water partition coefficient (Wildman–Crippen LogP) is 2.70. The zero-order valence-corrected chi connectivity index (χ0v) is 13.3. The predicted molar refractivity (Wildman–Crippen MR) is 81.6 cm³/mol. The van der Waals surface area contributed by atoms with Gasteiger partial charge in [-0.05, 0) is 25.0 Å². The van der Waals surface area contributed by atoms with Crippen LogP contribution in [0.5, 0.6) is 0 Å². The smallest absolute Gasteiger partial charge is 0.249 e. The molecular weight excluding hydrogens is 282 g/mol. The van der Waals surface area contributed by atoms with Gasteiger partial charge in [0.15, 0.2) is 0 Å². The molecule has 1 aromatic rings. The molecule has 0 spiro atoms. The van der Waals surface area contributed by atoms with E-state index in [1.165, 1.54) is 12.8 Å². The van der Waals surface area contributed by atoms with Gasteiger partial charge in [-0.15, -0.1) is 0 Å². The highest BCUT2D eigenvalue weighted by molar-refractivity contribution is 5.78. The maximum Gasteiger partial charge on any atom is 0.249 e. The lowest BCUT2D eigenvalue weighted by Gasteiger charge is -2.34. The maximum absolute atomic E-state index is 12.5. The van der Waals surface area contributed by atoms with Gasteiger partial charge in [0.1, 0.15) is 24.2 Å². The largest absolute Gasteiger partial charge is 0.464 e. The van der Waals surface area contributed by atoms with Gasteiger partial charge in [0.05, 0.1) is 19.3 Å². The Morgan fingerprint density at radius 3 is 2.91 bits per heavy atom. The molecule has 0 unspecified atom stereocenters. The van der Waals surface area contributed by atoms with E-state index < -0.39 is 0 Å².